The summed E-state index contributed by atoms with van der Waals surface area (Å²) in [6.07, 6.45) is 2.59. The van der Waals surface area contributed by atoms with Crippen LogP contribution in [0.25, 0.3) is 0 Å². The van der Waals surface area contributed by atoms with E-state index in [0.717, 1.165) is 48.5 Å². The number of piperidine rings is 1. The fourth-order valence-electron chi connectivity index (χ4n) is 4.21. The van der Waals surface area contributed by atoms with Crippen LogP contribution in [0.5, 0.6) is 5.75 Å². The molecule has 4 rings (SSSR count). The van der Waals surface area contributed by atoms with Gasteiger partial charge in [-0.25, -0.2) is 4.39 Å². The highest BCUT2D eigenvalue weighted by Crippen LogP contribution is 2.37. The summed E-state index contributed by atoms with van der Waals surface area (Å²) in [5, 5.41) is 0. The zero-order chi connectivity index (χ0) is 20.4. The smallest absolute Gasteiger partial charge is 0.224 e. The first-order valence-corrected chi connectivity index (χ1v) is 10.5. The molecule has 0 spiro atoms. The van der Waals surface area contributed by atoms with Gasteiger partial charge in [0, 0.05) is 19.6 Å². The molecule has 0 radical (unpaired) electrons. The van der Waals surface area contributed by atoms with Crippen LogP contribution in [0.3, 0.4) is 0 Å². The summed E-state index contributed by atoms with van der Waals surface area (Å²) in [7, 11) is 0. The third-order valence-electron chi connectivity index (χ3n) is 6.11. The fraction of sp³-hybridized carbons (Fsp3) is 0.458. The van der Waals surface area contributed by atoms with Gasteiger partial charge < -0.3 is 14.5 Å². The van der Waals surface area contributed by atoms with E-state index < -0.39 is 0 Å². The number of rotatable bonds is 4. The van der Waals surface area contributed by atoms with Crippen LogP contribution in [0.15, 0.2) is 42.5 Å². The van der Waals surface area contributed by atoms with E-state index in [1.807, 2.05) is 30.0 Å². The number of benzene rings is 2. The fourth-order valence-corrected chi connectivity index (χ4v) is 4.21. The minimum Gasteiger partial charge on any atom is -0.489 e. The Hall–Kier alpha value is -2.56. The molecular formula is C24H29FN2O2. The zero-order valence-corrected chi connectivity index (χ0v) is 17.2. The molecule has 4 nitrogen and oxygen atoms in total. The predicted molar refractivity (Wildman–Crippen MR) is 113 cm³/mol. The van der Waals surface area contributed by atoms with Gasteiger partial charge in [-0.2, -0.15) is 0 Å². The van der Waals surface area contributed by atoms with Gasteiger partial charge in [0.05, 0.1) is 18.2 Å². The molecular weight excluding hydrogens is 367 g/mol. The minimum absolute atomic E-state index is 0.0397. The van der Waals surface area contributed by atoms with E-state index in [2.05, 4.69) is 24.0 Å². The van der Waals surface area contributed by atoms with Crippen LogP contribution in [-0.2, 0) is 11.3 Å². The van der Waals surface area contributed by atoms with E-state index in [1.165, 1.54) is 12.1 Å². The molecule has 0 saturated carbocycles. The molecule has 154 valence electrons. The Morgan fingerprint density at radius 3 is 2.59 bits per heavy atom. The Kier molecular flexibility index (Phi) is 5.74. The second kappa shape index (κ2) is 8.44. The normalized spacial score (nSPS) is 19.6. The number of halogens is 1. The first-order chi connectivity index (χ1) is 14.0. The van der Waals surface area contributed by atoms with Gasteiger partial charge in [0.15, 0.2) is 0 Å². The Morgan fingerprint density at radius 2 is 1.86 bits per heavy atom. The SMILES string of the molecule is Cc1ccc2c(c1)OCC(CC(=O)N1CCC(C)CC1)N2Cc1ccc(F)cc1. The molecule has 1 saturated heterocycles. The largest absolute Gasteiger partial charge is 0.489 e. The maximum Gasteiger partial charge on any atom is 0.224 e. The Labute approximate surface area is 172 Å². The van der Waals surface area contributed by atoms with Crippen LogP contribution in [0.1, 0.15) is 37.3 Å². The van der Waals surface area contributed by atoms with Crippen LogP contribution in [0, 0.1) is 18.7 Å². The number of carbonyl (C=O) groups is 1. The topological polar surface area (TPSA) is 32.8 Å². The number of hydrogen-bond acceptors (Lipinski definition) is 3. The van der Waals surface area contributed by atoms with E-state index >= 15 is 0 Å². The third kappa shape index (κ3) is 4.55. The van der Waals surface area contributed by atoms with Crippen LogP contribution >= 0.6 is 0 Å². The number of ether oxygens (including phenoxy) is 1. The molecule has 1 amide bonds. The van der Waals surface area contributed by atoms with Crippen LogP contribution < -0.4 is 9.64 Å². The van der Waals surface area contributed by atoms with Crippen molar-refractivity contribution in [3.8, 4) is 5.75 Å². The van der Waals surface area contributed by atoms with Crippen molar-refractivity contribution in [3.05, 3.63) is 59.4 Å². The van der Waals surface area contributed by atoms with Crippen molar-refractivity contribution >= 4 is 11.6 Å². The van der Waals surface area contributed by atoms with E-state index in [4.69, 9.17) is 4.74 Å². The molecule has 2 aromatic rings. The van der Waals surface area contributed by atoms with Gasteiger partial charge in [-0.1, -0.05) is 25.1 Å². The van der Waals surface area contributed by atoms with Gasteiger partial charge in [0.1, 0.15) is 18.2 Å². The summed E-state index contributed by atoms with van der Waals surface area (Å²) >= 11 is 0. The molecule has 2 aromatic carbocycles. The molecule has 1 atom stereocenters. The highest BCUT2D eigenvalue weighted by Gasteiger charge is 2.31. The highest BCUT2D eigenvalue weighted by atomic mass is 19.1. The summed E-state index contributed by atoms with van der Waals surface area (Å²) in [6, 6.07) is 12.7. The van der Waals surface area contributed by atoms with Crippen molar-refractivity contribution in [2.75, 3.05) is 24.6 Å². The first kappa shape index (κ1) is 19.7. The zero-order valence-electron chi connectivity index (χ0n) is 17.2. The molecule has 0 aliphatic carbocycles. The lowest BCUT2D eigenvalue weighted by atomic mass is 9.98. The number of carbonyl (C=O) groups excluding carboxylic acids is 1. The molecule has 1 fully saturated rings. The molecule has 5 heteroatoms. The molecule has 1 unspecified atom stereocenters. The van der Waals surface area contributed by atoms with Crippen molar-refractivity contribution in [2.45, 2.75) is 45.7 Å². The predicted octanol–water partition coefficient (Wildman–Crippen LogP) is 4.55. The standard InChI is InChI=1S/C24H29FN2O2/c1-17-9-11-26(12-10-17)24(28)14-21-16-29-23-13-18(2)3-8-22(23)27(21)15-19-4-6-20(25)7-5-19/h3-8,13,17,21H,9-12,14-16H2,1-2H3. The van der Waals surface area contributed by atoms with Crippen molar-refractivity contribution in [2.24, 2.45) is 5.92 Å². The Morgan fingerprint density at radius 1 is 1.14 bits per heavy atom. The van der Waals surface area contributed by atoms with Gasteiger partial charge in [0.2, 0.25) is 5.91 Å². The van der Waals surface area contributed by atoms with E-state index in [9.17, 15) is 9.18 Å². The number of amides is 1. The van der Waals surface area contributed by atoms with Crippen molar-refractivity contribution in [1.82, 2.24) is 4.90 Å². The van der Waals surface area contributed by atoms with Gasteiger partial charge in [0.25, 0.3) is 0 Å². The minimum atomic E-state index is -0.238. The average Bonchev–Trinajstić information content (AvgIpc) is 2.71. The summed E-state index contributed by atoms with van der Waals surface area (Å²) < 4.78 is 19.4. The maximum absolute atomic E-state index is 13.3. The van der Waals surface area contributed by atoms with Crippen molar-refractivity contribution < 1.29 is 13.9 Å². The molecule has 2 aliphatic rings. The molecule has 0 aromatic heterocycles. The third-order valence-corrected chi connectivity index (χ3v) is 6.11. The van der Waals surface area contributed by atoms with Gasteiger partial charge in [-0.15, -0.1) is 0 Å². The number of aryl methyl sites for hydroxylation is 1. The van der Waals surface area contributed by atoms with E-state index in [1.54, 1.807) is 0 Å². The number of anilines is 1. The maximum atomic E-state index is 13.3. The summed E-state index contributed by atoms with van der Waals surface area (Å²) in [6.45, 7) is 7.09. The molecule has 0 bridgehead atoms. The first-order valence-electron chi connectivity index (χ1n) is 10.5. The number of fused-ring (bicyclic) bond motifs is 1. The Bertz CT molecular complexity index is 860. The quantitative estimate of drug-likeness (QED) is 0.760. The number of hydrogen-bond donors (Lipinski definition) is 0. The molecule has 29 heavy (non-hydrogen) atoms. The lowest BCUT2D eigenvalue weighted by molar-refractivity contribution is -0.133. The van der Waals surface area contributed by atoms with Gasteiger partial charge in [-0.3, -0.25) is 4.79 Å². The van der Waals surface area contributed by atoms with Gasteiger partial charge >= 0.3 is 0 Å². The van der Waals surface area contributed by atoms with E-state index in [0.29, 0.717) is 25.5 Å². The Balaban J connectivity index is 1.55. The summed E-state index contributed by atoms with van der Waals surface area (Å²) in [5.41, 5.74) is 3.16. The van der Waals surface area contributed by atoms with Crippen LogP contribution in [0.2, 0.25) is 0 Å². The summed E-state index contributed by atoms with van der Waals surface area (Å²) in [4.78, 5) is 17.2. The van der Waals surface area contributed by atoms with Crippen molar-refractivity contribution in [1.29, 1.82) is 0 Å². The monoisotopic (exact) mass is 396 g/mol. The second-order valence-electron chi connectivity index (χ2n) is 8.46. The number of likely N-dealkylation sites (tertiary alicyclic amines) is 1. The van der Waals surface area contributed by atoms with Crippen LogP contribution in [-0.4, -0.2) is 36.5 Å². The molecule has 0 N–H and O–H groups in total. The summed E-state index contributed by atoms with van der Waals surface area (Å²) in [5.74, 6) is 1.51. The van der Waals surface area contributed by atoms with E-state index in [-0.39, 0.29) is 17.8 Å². The average molecular weight is 397 g/mol. The molecule has 2 aliphatic heterocycles. The van der Waals surface area contributed by atoms with Crippen molar-refractivity contribution in [3.63, 3.8) is 0 Å². The highest BCUT2D eigenvalue weighted by molar-refractivity contribution is 5.78. The second-order valence-corrected chi connectivity index (χ2v) is 8.46. The lowest BCUT2D eigenvalue weighted by Crippen LogP contribution is -2.47. The van der Waals surface area contributed by atoms with Crippen LogP contribution in [0.4, 0.5) is 10.1 Å². The molecule has 2 heterocycles. The lowest BCUT2D eigenvalue weighted by Gasteiger charge is -2.40. The number of nitrogens with zero attached hydrogens (tertiary/aromatic N) is 2. The van der Waals surface area contributed by atoms with Gasteiger partial charge in [-0.05, 0) is 61.1 Å².